The van der Waals surface area contributed by atoms with Crippen LogP contribution < -0.4 is 5.73 Å². The van der Waals surface area contributed by atoms with Gasteiger partial charge in [-0.05, 0) is 0 Å². The first-order chi connectivity index (χ1) is 5.46. The molecule has 0 bridgehead atoms. The molecule has 0 aromatic carbocycles. The van der Waals surface area contributed by atoms with E-state index in [1.54, 1.807) is 7.05 Å². The Morgan fingerprint density at radius 2 is 2.15 bits per heavy atom. The van der Waals surface area contributed by atoms with E-state index in [1.807, 2.05) is 0 Å². The summed E-state index contributed by atoms with van der Waals surface area (Å²) >= 11 is 0. The highest BCUT2D eigenvalue weighted by molar-refractivity contribution is 7.90. The standard InChI is InChI=1S/C6H11N3O2S.ClH/c1-9-5(3-7)6(4-8-9)12(2,10)11;/h4H,3,7H2,1-2H3;1H. The van der Waals surface area contributed by atoms with E-state index < -0.39 is 9.84 Å². The summed E-state index contributed by atoms with van der Waals surface area (Å²) in [5.74, 6) is 0. The summed E-state index contributed by atoms with van der Waals surface area (Å²) in [5.41, 5.74) is 5.91. The van der Waals surface area contributed by atoms with Crippen molar-refractivity contribution in [2.24, 2.45) is 12.8 Å². The van der Waals surface area contributed by atoms with Gasteiger partial charge in [0.1, 0.15) is 4.90 Å². The SMILES string of the molecule is Cl.Cn1ncc(S(C)(=O)=O)c1CN. The Morgan fingerprint density at radius 3 is 2.46 bits per heavy atom. The molecule has 0 atom stereocenters. The predicted octanol–water partition coefficient (Wildman–Crippen LogP) is -0.296. The minimum absolute atomic E-state index is 0. The first-order valence-electron chi connectivity index (χ1n) is 3.38. The van der Waals surface area contributed by atoms with Crippen LogP contribution in [-0.2, 0) is 23.4 Å². The van der Waals surface area contributed by atoms with E-state index in [-0.39, 0.29) is 23.8 Å². The molecule has 0 aliphatic heterocycles. The number of aryl methyl sites for hydroxylation is 1. The van der Waals surface area contributed by atoms with E-state index in [4.69, 9.17) is 5.73 Å². The molecule has 13 heavy (non-hydrogen) atoms. The van der Waals surface area contributed by atoms with Gasteiger partial charge in [0.05, 0.1) is 11.9 Å². The number of sulfone groups is 1. The van der Waals surface area contributed by atoms with Crippen molar-refractivity contribution in [1.29, 1.82) is 0 Å². The number of aromatic nitrogens is 2. The van der Waals surface area contributed by atoms with Crippen LogP contribution in [0.3, 0.4) is 0 Å². The van der Waals surface area contributed by atoms with Gasteiger partial charge in [0, 0.05) is 19.8 Å². The van der Waals surface area contributed by atoms with Crippen molar-refractivity contribution in [3.05, 3.63) is 11.9 Å². The van der Waals surface area contributed by atoms with Gasteiger partial charge in [-0.2, -0.15) is 5.10 Å². The summed E-state index contributed by atoms with van der Waals surface area (Å²) in [6.45, 7) is 0.179. The first kappa shape index (κ1) is 12.4. The molecule has 0 aliphatic rings. The Balaban J connectivity index is 0.00000144. The van der Waals surface area contributed by atoms with E-state index in [2.05, 4.69) is 5.10 Å². The molecule has 1 aromatic rings. The highest BCUT2D eigenvalue weighted by atomic mass is 35.5. The fourth-order valence-electron chi connectivity index (χ4n) is 0.985. The lowest BCUT2D eigenvalue weighted by Crippen LogP contribution is -2.09. The van der Waals surface area contributed by atoms with Gasteiger partial charge in [0.25, 0.3) is 0 Å². The summed E-state index contributed by atoms with van der Waals surface area (Å²) in [6.07, 6.45) is 2.46. The average molecular weight is 226 g/mol. The van der Waals surface area contributed by atoms with Crippen molar-refractivity contribution in [1.82, 2.24) is 9.78 Å². The van der Waals surface area contributed by atoms with Gasteiger partial charge >= 0.3 is 0 Å². The topological polar surface area (TPSA) is 78.0 Å². The van der Waals surface area contributed by atoms with E-state index in [0.29, 0.717) is 5.69 Å². The van der Waals surface area contributed by atoms with Crippen LogP contribution in [0, 0.1) is 0 Å². The molecule has 0 aliphatic carbocycles. The van der Waals surface area contributed by atoms with Crippen molar-refractivity contribution >= 4 is 22.2 Å². The van der Waals surface area contributed by atoms with Crippen molar-refractivity contribution in [2.45, 2.75) is 11.4 Å². The van der Waals surface area contributed by atoms with E-state index >= 15 is 0 Å². The second kappa shape index (κ2) is 4.08. The van der Waals surface area contributed by atoms with Crippen molar-refractivity contribution in [3.8, 4) is 0 Å². The molecular formula is C6H12ClN3O2S. The number of hydrogen-bond donors (Lipinski definition) is 1. The normalized spacial score (nSPS) is 11.0. The summed E-state index contributed by atoms with van der Waals surface area (Å²) in [4.78, 5) is 0.215. The fraction of sp³-hybridized carbons (Fsp3) is 0.500. The quantitative estimate of drug-likeness (QED) is 0.750. The van der Waals surface area contributed by atoms with Crippen LogP contribution in [0.2, 0.25) is 0 Å². The second-order valence-electron chi connectivity index (χ2n) is 2.56. The van der Waals surface area contributed by atoms with Crippen LogP contribution in [0.15, 0.2) is 11.1 Å². The predicted molar refractivity (Wildman–Crippen MR) is 51.5 cm³/mol. The van der Waals surface area contributed by atoms with Gasteiger partial charge in [0.15, 0.2) is 9.84 Å². The van der Waals surface area contributed by atoms with Crippen LogP contribution in [0.5, 0.6) is 0 Å². The molecule has 0 fully saturated rings. The number of nitrogens with two attached hydrogens (primary N) is 1. The third kappa shape index (κ3) is 2.43. The summed E-state index contributed by atoms with van der Waals surface area (Å²) in [5, 5.41) is 3.81. The van der Waals surface area contributed by atoms with Crippen LogP contribution in [0.1, 0.15) is 5.69 Å². The lowest BCUT2D eigenvalue weighted by Gasteiger charge is -1.99. The van der Waals surface area contributed by atoms with E-state index in [1.165, 1.54) is 10.9 Å². The molecule has 5 nitrogen and oxygen atoms in total. The second-order valence-corrected chi connectivity index (χ2v) is 4.54. The van der Waals surface area contributed by atoms with Crippen molar-refractivity contribution in [2.75, 3.05) is 6.26 Å². The Labute approximate surface area is 83.3 Å². The molecule has 76 valence electrons. The number of nitrogens with zero attached hydrogens (tertiary/aromatic N) is 2. The van der Waals surface area contributed by atoms with Gasteiger partial charge in [-0.1, -0.05) is 0 Å². The van der Waals surface area contributed by atoms with E-state index in [9.17, 15) is 8.42 Å². The Kier molecular flexibility index (Phi) is 3.89. The summed E-state index contributed by atoms with van der Waals surface area (Å²) < 4.78 is 23.7. The van der Waals surface area contributed by atoms with Crippen LogP contribution in [0.25, 0.3) is 0 Å². The maximum atomic E-state index is 11.1. The molecule has 1 heterocycles. The molecule has 1 aromatic heterocycles. The molecule has 0 radical (unpaired) electrons. The molecule has 0 saturated heterocycles. The highest BCUT2D eigenvalue weighted by Gasteiger charge is 2.15. The number of rotatable bonds is 2. The fourth-order valence-corrected chi connectivity index (χ4v) is 1.87. The van der Waals surface area contributed by atoms with Crippen molar-refractivity contribution < 1.29 is 8.42 Å². The zero-order valence-electron chi connectivity index (χ0n) is 7.39. The molecule has 1 rings (SSSR count). The summed E-state index contributed by atoms with van der Waals surface area (Å²) in [7, 11) is -1.52. The molecule has 7 heteroatoms. The molecule has 0 unspecified atom stereocenters. The lowest BCUT2D eigenvalue weighted by molar-refractivity contribution is 0.599. The largest absolute Gasteiger partial charge is 0.325 e. The number of hydrogen-bond acceptors (Lipinski definition) is 4. The minimum Gasteiger partial charge on any atom is -0.325 e. The third-order valence-electron chi connectivity index (χ3n) is 1.62. The molecule has 0 saturated carbocycles. The van der Waals surface area contributed by atoms with Gasteiger partial charge < -0.3 is 5.73 Å². The van der Waals surface area contributed by atoms with Crippen LogP contribution in [0.4, 0.5) is 0 Å². The smallest absolute Gasteiger partial charge is 0.178 e. The highest BCUT2D eigenvalue weighted by Crippen LogP contribution is 2.12. The minimum atomic E-state index is -3.19. The lowest BCUT2D eigenvalue weighted by atomic mass is 10.4. The van der Waals surface area contributed by atoms with Crippen LogP contribution >= 0.6 is 12.4 Å². The number of halogens is 1. The first-order valence-corrected chi connectivity index (χ1v) is 5.27. The molecule has 0 spiro atoms. The molecule has 2 N–H and O–H groups in total. The third-order valence-corrected chi connectivity index (χ3v) is 2.76. The maximum absolute atomic E-state index is 11.1. The van der Waals surface area contributed by atoms with Gasteiger partial charge in [-0.15, -0.1) is 12.4 Å². The molecular weight excluding hydrogens is 214 g/mol. The van der Waals surface area contributed by atoms with E-state index in [0.717, 1.165) is 6.26 Å². The van der Waals surface area contributed by atoms with Gasteiger partial charge in [-0.3, -0.25) is 4.68 Å². The van der Waals surface area contributed by atoms with Crippen LogP contribution in [-0.4, -0.2) is 24.5 Å². The zero-order chi connectivity index (χ0) is 9.35. The van der Waals surface area contributed by atoms with Crippen molar-refractivity contribution in [3.63, 3.8) is 0 Å². The average Bonchev–Trinajstić information content (AvgIpc) is 2.29. The van der Waals surface area contributed by atoms with Gasteiger partial charge in [-0.25, -0.2) is 8.42 Å². The van der Waals surface area contributed by atoms with Gasteiger partial charge in [0.2, 0.25) is 0 Å². The maximum Gasteiger partial charge on any atom is 0.178 e. The summed E-state index contributed by atoms with van der Waals surface area (Å²) in [6, 6.07) is 0. The zero-order valence-corrected chi connectivity index (χ0v) is 9.02. The Hall–Kier alpha value is -0.590. The Morgan fingerprint density at radius 1 is 1.62 bits per heavy atom. The molecule has 0 amide bonds. The Bertz CT molecular complexity index is 385. The monoisotopic (exact) mass is 225 g/mol.